The number of anilines is 1. The van der Waals surface area contributed by atoms with Crippen LogP contribution in [0.25, 0.3) is 0 Å². The summed E-state index contributed by atoms with van der Waals surface area (Å²) in [7, 11) is 0. The van der Waals surface area contributed by atoms with Crippen molar-refractivity contribution in [3.8, 4) is 0 Å². The third kappa shape index (κ3) is 2.22. The fourth-order valence-corrected chi connectivity index (χ4v) is 2.91. The zero-order valence-electron chi connectivity index (χ0n) is 10.3. The van der Waals surface area contributed by atoms with Gasteiger partial charge >= 0.3 is 0 Å². The number of hydrogen-bond donors (Lipinski definition) is 1. The number of carbonyl (C=O) groups excluding carboxylic acids is 1. The molecule has 2 aromatic rings. The van der Waals surface area contributed by atoms with Gasteiger partial charge in [-0.3, -0.25) is 4.79 Å². The van der Waals surface area contributed by atoms with Crippen molar-refractivity contribution in [2.45, 2.75) is 12.3 Å². The first kappa shape index (κ1) is 13.2. The van der Waals surface area contributed by atoms with Gasteiger partial charge in [-0.2, -0.15) is 0 Å². The smallest absolute Gasteiger partial charge is 0.225 e. The molecule has 0 aromatic heterocycles. The van der Waals surface area contributed by atoms with Crippen LogP contribution < -0.4 is 5.32 Å². The third-order valence-electron chi connectivity index (χ3n) is 3.40. The highest BCUT2D eigenvalue weighted by Gasteiger charge is 2.30. The summed E-state index contributed by atoms with van der Waals surface area (Å²) < 4.78 is 28.7. The van der Waals surface area contributed by atoms with E-state index in [9.17, 15) is 13.6 Å². The van der Waals surface area contributed by atoms with E-state index in [0.717, 1.165) is 4.47 Å². The van der Waals surface area contributed by atoms with Crippen LogP contribution >= 0.6 is 15.9 Å². The van der Waals surface area contributed by atoms with Crippen LogP contribution in [-0.2, 0) is 4.79 Å². The van der Waals surface area contributed by atoms with E-state index in [4.69, 9.17) is 0 Å². The second kappa shape index (κ2) is 4.98. The fraction of sp³-hybridized carbons (Fsp3) is 0.133. The van der Waals surface area contributed by atoms with Crippen molar-refractivity contribution in [2.24, 2.45) is 0 Å². The Kier molecular flexibility index (Phi) is 3.30. The molecule has 2 aromatic carbocycles. The molecule has 3 rings (SSSR count). The molecular weight excluding hydrogens is 328 g/mol. The van der Waals surface area contributed by atoms with Crippen molar-refractivity contribution in [1.82, 2.24) is 0 Å². The summed E-state index contributed by atoms with van der Waals surface area (Å²) in [6.07, 6.45) is 0.0291. The van der Waals surface area contributed by atoms with E-state index >= 15 is 0 Å². The van der Waals surface area contributed by atoms with Crippen LogP contribution in [0.3, 0.4) is 0 Å². The minimum atomic E-state index is -0.629. The first-order valence-corrected chi connectivity index (χ1v) is 6.89. The van der Waals surface area contributed by atoms with Gasteiger partial charge in [0.25, 0.3) is 0 Å². The van der Waals surface area contributed by atoms with Crippen LogP contribution in [0.2, 0.25) is 0 Å². The van der Waals surface area contributed by atoms with Crippen LogP contribution in [0.15, 0.2) is 40.9 Å². The van der Waals surface area contributed by atoms with Crippen LogP contribution in [0.5, 0.6) is 0 Å². The molecule has 5 heteroatoms. The third-order valence-corrected chi connectivity index (χ3v) is 3.89. The minimum Gasteiger partial charge on any atom is -0.326 e. The number of hydrogen-bond acceptors (Lipinski definition) is 1. The summed E-state index contributed by atoms with van der Waals surface area (Å²) >= 11 is 3.34. The van der Waals surface area contributed by atoms with Crippen molar-refractivity contribution in [1.29, 1.82) is 0 Å². The average molecular weight is 338 g/mol. The second-order valence-electron chi connectivity index (χ2n) is 4.67. The van der Waals surface area contributed by atoms with E-state index in [1.165, 1.54) is 18.2 Å². The summed E-state index contributed by atoms with van der Waals surface area (Å²) in [5, 5.41) is 2.72. The number of carbonyl (C=O) groups is 1. The summed E-state index contributed by atoms with van der Waals surface area (Å²) in [5.74, 6) is -2.11. The summed E-state index contributed by atoms with van der Waals surface area (Å²) in [4.78, 5) is 11.7. The van der Waals surface area contributed by atoms with Gasteiger partial charge in [-0.05, 0) is 35.9 Å². The normalized spacial score (nSPS) is 17.6. The van der Waals surface area contributed by atoms with E-state index in [1.54, 1.807) is 18.2 Å². The van der Waals surface area contributed by atoms with Gasteiger partial charge in [-0.15, -0.1) is 0 Å². The maximum absolute atomic E-state index is 14.0. The number of rotatable bonds is 1. The lowest BCUT2D eigenvalue weighted by atomic mass is 9.84. The molecule has 0 radical (unpaired) electrons. The molecule has 2 nitrogen and oxygen atoms in total. The Bertz CT molecular complexity index is 682. The molecule has 0 saturated heterocycles. The molecule has 0 fully saturated rings. The maximum Gasteiger partial charge on any atom is 0.225 e. The van der Waals surface area contributed by atoms with Crippen LogP contribution in [-0.4, -0.2) is 5.91 Å². The maximum atomic E-state index is 14.0. The molecule has 1 aliphatic rings. The van der Waals surface area contributed by atoms with E-state index < -0.39 is 17.6 Å². The quantitative estimate of drug-likeness (QED) is 0.830. The van der Waals surface area contributed by atoms with Crippen molar-refractivity contribution < 1.29 is 13.6 Å². The Morgan fingerprint density at radius 2 is 1.85 bits per heavy atom. The van der Waals surface area contributed by atoms with E-state index in [1.807, 2.05) is 0 Å². The lowest BCUT2D eigenvalue weighted by Gasteiger charge is -2.26. The number of amides is 1. The first-order valence-electron chi connectivity index (χ1n) is 6.09. The SMILES string of the molecule is O=C1CC(c2c(F)cccc2F)c2cc(Br)ccc2N1. The van der Waals surface area contributed by atoms with Crippen LogP contribution in [0.4, 0.5) is 14.5 Å². The molecular formula is C15H10BrF2NO. The van der Waals surface area contributed by atoms with Gasteiger partial charge in [0.15, 0.2) is 0 Å². The topological polar surface area (TPSA) is 29.1 Å². The molecule has 1 unspecified atom stereocenters. The Labute approximate surface area is 122 Å². The predicted octanol–water partition coefficient (Wildman–Crippen LogP) is 4.20. The van der Waals surface area contributed by atoms with Crippen LogP contribution in [0.1, 0.15) is 23.5 Å². The molecule has 0 spiro atoms. The molecule has 1 heterocycles. The lowest BCUT2D eigenvalue weighted by molar-refractivity contribution is -0.116. The molecule has 1 aliphatic heterocycles. The van der Waals surface area contributed by atoms with E-state index in [-0.39, 0.29) is 17.9 Å². The minimum absolute atomic E-state index is 0.0291. The Balaban J connectivity index is 2.20. The second-order valence-corrected chi connectivity index (χ2v) is 5.59. The lowest BCUT2D eigenvalue weighted by Crippen LogP contribution is -2.24. The standard InChI is InChI=1S/C15H10BrF2NO/c16-8-4-5-13-9(6-8)10(7-14(20)19-13)15-11(17)2-1-3-12(15)18/h1-6,10H,7H2,(H,19,20). The number of fused-ring (bicyclic) bond motifs is 1. The Morgan fingerprint density at radius 3 is 2.55 bits per heavy atom. The van der Waals surface area contributed by atoms with Crippen molar-refractivity contribution in [2.75, 3.05) is 5.32 Å². The van der Waals surface area contributed by atoms with E-state index in [0.29, 0.717) is 11.3 Å². The van der Waals surface area contributed by atoms with Crippen molar-refractivity contribution in [3.63, 3.8) is 0 Å². The van der Waals surface area contributed by atoms with Gasteiger partial charge in [0.2, 0.25) is 5.91 Å². The monoisotopic (exact) mass is 337 g/mol. The zero-order valence-corrected chi connectivity index (χ0v) is 11.9. The van der Waals surface area contributed by atoms with Gasteiger partial charge in [0, 0.05) is 28.1 Å². The number of halogens is 3. The van der Waals surface area contributed by atoms with Gasteiger partial charge in [0.05, 0.1) is 0 Å². The molecule has 20 heavy (non-hydrogen) atoms. The summed E-state index contributed by atoms with van der Waals surface area (Å²) in [5.41, 5.74) is 1.25. The number of nitrogens with one attached hydrogen (secondary N) is 1. The molecule has 0 saturated carbocycles. The zero-order chi connectivity index (χ0) is 14.3. The van der Waals surface area contributed by atoms with Gasteiger partial charge in [-0.1, -0.05) is 22.0 Å². The summed E-state index contributed by atoms with van der Waals surface area (Å²) in [6.45, 7) is 0. The highest BCUT2D eigenvalue weighted by atomic mass is 79.9. The molecule has 1 N–H and O–H groups in total. The molecule has 0 bridgehead atoms. The van der Waals surface area contributed by atoms with Gasteiger partial charge < -0.3 is 5.32 Å². The molecule has 0 aliphatic carbocycles. The van der Waals surface area contributed by atoms with Crippen molar-refractivity contribution >= 4 is 27.5 Å². The van der Waals surface area contributed by atoms with Gasteiger partial charge in [-0.25, -0.2) is 8.78 Å². The predicted molar refractivity (Wildman–Crippen MR) is 75.6 cm³/mol. The fourth-order valence-electron chi connectivity index (χ4n) is 2.53. The highest BCUT2D eigenvalue weighted by molar-refractivity contribution is 9.10. The summed E-state index contributed by atoms with van der Waals surface area (Å²) in [6, 6.07) is 9.02. The Hall–Kier alpha value is -1.75. The van der Waals surface area contributed by atoms with Gasteiger partial charge in [0.1, 0.15) is 11.6 Å². The highest BCUT2D eigenvalue weighted by Crippen LogP contribution is 2.40. The Morgan fingerprint density at radius 1 is 1.15 bits per heavy atom. The molecule has 1 atom stereocenters. The molecule has 102 valence electrons. The van der Waals surface area contributed by atoms with Crippen molar-refractivity contribution in [3.05, 3.63) is 63.6 Å². The average Bonchev–Trinajstić information content (AvgIpc) is 2.39. The van der Waals surface area contributed by atoms with E-state index in [2.05, 4.69) is 21.2 Å². The molecule has 1 amide bonds. The van der Waals surface area contributed by atoms with Crippen LogP contribution in [0, 0.1) is 11.6 Å². The largest absolute Gasteiger partial charge is 0.326 e. The first-order chi connectivity index (χ1) is 9.56. The number of benzene rings is 2.